The van der Waals surface area contributed by atoms with Gasteiger partial charge in [0.25, 0.3) is 5.91 Å². The Morgan fingerprint density at radius 3 is 2.64 bits per heavy atom. The largest absolute Gasteiger partial charge is 0.326 e. The highest BCUT2D eigenvalue weighted by molar-refractivity contribution is 6.42. The maximum absolute atomic E-state index is 13.1. The summed E-state index contributed by atoms with van der Waals surface area (Å²) in [5.41, 5.74) is 1.44. The Bertz CT molecular complexity index is 679. The van der Waals surface area contributed by atoms with E-state index < -0.39 is 0 Å². The molecule has 2 N–H and O–H groups in total. The highest BCUT2D eigenvalue weighted by Gasteiger charge is 2.12. The van der Waals surface area contributed by atoms with Crippen LogP contribution in [0.4, 0.5) is 10.1 Å². The van der Waals surface area contributed by atoms with Gasteiger partial charge in [-0.2, -0.15) is 0 Å². The molecule has 0 aliphatic carbocycles. The molecule has 2 aromatic carbocycles. The smallest absolute Gasteiger partial charge is 0.279 e. The fraction of sp³-hybridized carbons (Fsp3) is 0.188. The van der Waals surface area contributed by atoms with Crippen LogP contribution in [0, 0.1) is 5.82 Å². The lowest BCUT2D eigenvalue weighted by atomic mass is 10.2. The van der Waals surface area contributed by atoms with Crippen molar-refractivity contribution in [3.8, 4) is 0 Å². The Kier molecular flexibility index (Phi) is 5.77. The van der Waals surface area contributed by atoms with Gasteiger partial charge in [0.2, 0.25) is 0 Å². The summed E-state index contributed by atoms with van der Waals surface area (Å²) in [5, 5.41) is 3.59. The number of carbonyl (C=O) groups excluding carboxylic acids is 1. The molecule has 116 valence electrons. The quantitative estimate of drug-likeness (QED) is 0.861. The lowest BCUT2D eigenvalue weighted by molar-refractivity contribution is -0.885. The summed E-state index contributed by atoms with van der Waals surface area (Å²) in [6.07, 6.45) is 0. The summed E-state index contributed by atoms with van der Waals surface area (Å²) < 4.78 is 13.1. The molecular formula is C16H16Cl2FN2O+. The van der Waals surface area contributed by atoms with Gasteiger partial charge in [-0.25, -0.2) is 4.39 Å². The number of hydrogen-bond donors (Lipinski definition) is 2. The molecule has 22 heavy (non-hydrogen) atoms. The van der Waals surface area contributed by atoms with E-state index in [-0.39, 0.29) is 18.3 Å². The summed E-state index contributed by atoms with van der Waals surface area (Å²) in [5.74, 6) is -0.419. The van der Waals surface area contributed by atoms with Crippen molar-refractivity contribution in [2.24, 2.45) is 0 Å². The molecule has 3 nitrogen and oxygen atoms in total. The van der Waals surface area contributed by atoms with Crippen molar-refractivity contribution in [3.05, 3.63) is 63.9 Å². The third-order valence-electron chi connectivity index (χ3n) is 3.06. The van der Waals surface area contributed by atoms with E-state index in [2.05, 4.69) is 5.32 Å². The van der Waals surface area contributed by atoms with E-state index in [9.17, 15) is 9.18 Å². The Labute approximate surface area is 138 Å². The highest BCUT2D eigenvalue weighted by atomic mass is 35.5. The Morgan fingerprint density at radius 2 is 1.95 bits per heavy atom. The molecule has 6 heteroatoms. The average Bonchev–Trinajstić information content (AvgIpc) is 2.42. The van der Waals surface area contributed by atoms with Crippen molar-refractivity contribution in [3.63, 3.8) is 0 Å². The first-order chi connectivity index (χ1) is 10.4. The van der Waals surface area contributed by atoms with Crippen LogP contribution in [0.15, 0.2) is 42.5 Å². The molecule has 2 aromatic rings. The predicted molar refractivity (Wildman–Crippen MR) is 86.9 cm³/mol. The third-order valence-corrected chi connectivity index (χ3v) is 3.80. The summed E-state index contributed by atoms with van der Waals surface area (Å²) in [6.45, 7) is 0.823. The molecule has 0 heterocycles. The van der Waals surface area contributed by atoms with Gasteiger partial charge >= 0.3 is 0 Å². The molecule has 2 rings (SSSR count). The van der Waals surface area contributed by atoms with Gasteiger partial charge in [-0.15, -0.1) is 0 Å². The summed E-state index contributed by atoms with van der Waals surface area (Å²) in [4.78, 5) is 12.9. The zero-order chi connectivity index (χ0) is 16.1. The minimum absolute atomic E-state index is 0.146. The summed E-state index contributed by atoms with van der Waals surface area (Å²) >= 11 is 11.7. The van der Waals surface area contributed by atoms with E-state index in [1.807, 2.05) is 13.1 Å². The zero-order valence-corrected chi connectivity index (χ0v) is 13.5. The first-order valence-electron chi connectivity index (χ1n) is 6.74. The van der Waals surface area contributed by atoms with E-state index in [0.29, 0.717) is 22.3 Å². The number of quaternary nitrogens is 1. The number of anilines is 1. The molecule has 0 aliphatic heterocycles. The van der Waals surface area contributed by atoms with Crippen molar-refractivity contribution in [2.75, 3.05) is 18.9 Å². The average molecular weight is 342 g/mol. The van der Waals surface area contributed by atoms with Gasteiger partial charge in [0.05, 0.1) is 17.1 Å². The van der Waals surface area contributed by atoms with Crippen LogP contribution in [0.3, 0.4) is 0 Å². The minimum Gasteiger partial charge on any atom is -0.326 e. The van der Waals surface area contributed by atoms with Crippen LogP contribution >= 0.6 is 23.2 Å². The van der Waals surface area contributed by atoms with Crippen LogP contribution in [0.2, 0.25) is 10.0 Å². The molecule has 0 saturated heterocycles. The fourth-order valence-corrected chi connectivity index (χ4v) is 2.41. The number of hydrogen-bond acceptors (Lipinski definition) is 1. The van der Waals surface area contributed by atoms with Crippen molar-refractivity contribution < 1.29 is 14.1 Å². The molecule has 0 fully saturated rings. The van der Waals surface area contributed by atoms with E-state index in [1.54, 1.807) is 24.3 Å². The van der Waals surface area contributed by atoms with Gasteiger partial charge < -0.3 is 10.2 Å². The second-order valence-electron chi connectivity index (χ2n) is 5.12. The molecule has 0 spiro atoms. The van der Waals surface area contributed by atoms with Crippen LogP contribution in [0.5, 0.6) is 0 Å². The zero-order valence-electron chi connectivity index (χ0n) is 12.0. The maximum atomic E-state index is 13.1. The minimum atomic E-state index is -0.273. The number of benzene rings is 2. The molecule has 1 atom stereocenters. The fourth-order valence-electron chi connectivity index (χ4n) is 2.11. The number of rotatable bonds is 5. The van der Waals surface area contributed by atoms with Crippen molar-refractivity contribution in [1.82, 2.24) is 0 Å². The van der Waals surface area contributed by atoms with Crippen LogP contribution in [-0.2, 0) is 11.3 Å². The Balaban J connectivity index is 1.89. The van der Waals surface area contributed by atoms with E-state index in [1.165, 1.54) is 12.1 Å². The van der Waals surface area contributed by atoms with Crippen molar-refractivity contribution in [2.45, 2.75) is 6.54 Å². The topological polar surface area (TPSA) is 33.5 Å². The van der Waals surface area contributed by atoms with Gasteiger partial charge in [-0.1, -0.05) is 35.3 Å². The van der Waals surface area contributed by atoms with Crippen LogP contribution in [0.25, 0.3) is 0 Å². The molecule has 0 bridgehead atoms. The van der Waals surface area contributed by atoms with Crippen molar-refractivity contribution >= 4 is 34.8 Å². The number of nitrogens with one attached hydrogen (secondary N) is 2. The molecule has 1 unspecified atom stereocenters. The lowest BCUT2D eigenvalue weighted by Gasteiger charge is -2.14. The van der Waals surface area contributed by atoms with Crippen molar-refractivity contribution in [1.29, 1.82) is 0 Å². The normalized spacial score (nSPS) is 12.0. The van der Waals surface area contributed by atoms with Gasteiger partial charge in [0, 0.05) is 11.3 Å². The van der Waals surface area contributed by atoms with Crippen LogP contribution < -0.4 is 10.2 Å². The number of halogens is 3. The summed E-state index contributed by atoms with van der Waals surface area (Å²) in [7, 11) is 1.87. The van der Waals surface area contributed by atoms with E-state index >= 15 is 0 Å². The Hall–Kier alpha value is -1.62. The third kappa shape index (κ3) is 4.98. The second kappa shape index (κ2) is 7.58. The number of likely N-dealkylation sites (N-methyl/N-ethyl adjacent to an activating group) is 1. The van der Waals surface area contributed by atoms with Gasteiger partial charge in [0.15, 0.2) is 6.54 Å². The highest BCUT2D eigenvalue weighted by Crippen LogP contribution is 2.24. The number of amides is 1. The van der Waals surface area contributed by atoms with E-state index in [4.69, 9.17) is 23.2 Å². The number of carbonyl (C=O) groups is 1. The first-order valence-corrected chi connectivity index (χ1v) is 7.50. The second-order valence-corrected chi connectivity index (χ2v) is 5.93. The first kappa shape index (κ1) is 16.7. The van der Waals surface area contributed by atoms with Gasteiger partial charge in [-0.3, -0.25) is 4.79 Å². The molecular weight excluding hydrogens is 326 g/mol. The molecule has 0 saturated carbocycles. The maximum Gasteiger partial charge on any atom is 0.279 e. The molecule has 0 aliphatic rings. The monoisotopic (exact) mass is 341 g/mol. The van der Waals surface area contributed by atoms with Gasteiger partial charge in [0.1, 0.15) is 12.4 Å². The SMILES string of the molecule is C[NH+](CC(=O)Nc1ccc(Cl)c(Cl)c1)Cc1cccc(F)c1. The van der Waals surface area contributed by atoms with Crippen LogP contribution in [0.1, 0.15) is 5.56 Å². The lowest BCUT2D eigenvalue weighted by Crippen LogP contribution is -3.08. The predicted octanol–water partition coefficient (Wildman–Crippen LogP) is 2.79. The molecule has 0 aromatic heterocycles. The standard InChI is InChI=1S/C16H15Cl2FN2O/c1-21(9-11-3-2-4-12(19)7-11)10-16(22)20-13-5-6-14(17)15(18)8-13/h2-8H,9-10H2,1H3,(H,20,22)/p+1. The van der Waals surface area contributed by atoms with E-state index in [0.717, 1.165) is 10.5 Å². The molecule has 1 amide bonds. The van der Waals surface area contributed by atoms with Crippen LogP contribution in [-0.4, -0.2) is 19.5 Å². The molecule has 0 radical (unpaired) electrons. The summed E-state index contributed by atoms with van der Waals surface area (Å²) in [6, 6.07) is 11.3. The Morgan fingerprint density at radius 1 is 1.18 bits per heavy atom. The van der Waals surface area contributed by atoms with Gasteiger partial charge in [-0.05, 0) is 30.3 Å².